The van der Waals surface area contributed by atoms with E-state index in [2.05, 4.69) is 20.1 Å². The Kier molecular flexibility index (Phi) is 11.5. The Morgan fingerprint density at radius 2 is 1.91 bits per heavy atom. The van der Waals surface area contributed by atoms with Crippen LogP contribution in [0.5, 0.6) is 5.75 Å². The largest absolute Gasteiger partial charge is 0.497 e. The summed E-state index contributed by atoms with van der Waals surface area (Å²) in [7, 11) is 1.61. The molecular formula is C22H36IN5O4. The number of benzene rings is 1. The first kappa shape index (κ1) is 26.6. The third-order valence-electron chi connectivity index (χ3n) is 5.62. The second kappa shape index (κ2) is 13.8. The number of hydrogen-bond donors (Lipinski definition) is 2. The van der Waals surface area contributed by atoms with Gasteiger partial charge in [-0.2, -0.15) is 0 Å². The summed E-state index contributed by atoms with van der Waals surface area (Å²) in [6.45, 7) is 9.33. The van der Waals surface area contributed by atoms with Crippen LogP contribution in [0.25, 0.3) is 0 Å². The van der Waals surface area contributed by atoms with Gasteiger partial charge in [0.15, 0.2) is 5.96 Å². The van der Waals surface area contributed by atoms with Crippen molar-refractivity contribution in [3.63, 3.8) is 0 Å². The predicted molar refractivity (Wildman–Crippen MR) is 135 cm³/mol. The number of methoxy groups -OCH3 is 1. The molecule has 2 N–H and O–H groups in total. The van der Waals surface area contributed by atoms with Crippen molar-refractivity contribution >= 4 is 35.8 Å². The van der Waals surface area contributed by atoms with E-state index in [4.69, 9.17) is 9.47 Å². The van der Waals surface area contributed by atoms with Gasteiger partial charge in [-0.25, -0.2) is 0 Å². The number of nitrogens with zero attached hydrogens (tertiary/aromatic N) is 4. The third-order valence-corrected chi connectivity index (χ3v) is 5.62. The molecule has 0 radical (unpaired) electrons. The molecule has 2 saturated heterocycles. The molecule has 2 heterocycles. The minimum atomic E-state index is -0.698. The quantitative estimate of drug-likeness (QED) is 0.289. The zero-order valence-electron chi connectivity index (χ0n) is 19.0. The Morgan fingerprint density at radius 3 is 2.56 bits per heavy atom. The molecule has 2 fully saturated rings. The standard InChI is InChI=1S/C22H35N5O4.HI/c1-3-23-22(24-16-20(28)18-5-4-6-19(15-18)30-2)27-9-7-25(8-10-27)17-21(29)26-11-13-31-14-12-26;/h4-6,15,20,28H,3,7-14,16-17H2,1-2H3,(H,23,24);1H. The topological polar surface area (TPSA) is 89.9 Å². The Labute approximate surface area is 207 Å². The van der Waals surface area contributed by atoms with Crippen molar-refractivity contribution in [1.29, 1.82) is 0 Å². The molecule has 1 amide bonds. The maximum atomic E-state index is 12.5. The van der Waals surface area contributed by atoms with Crippen LogP contribution in [0.1, 0.15) is 18.6 Å². The molecule has 0 spiro atoms. The number of aliphatic imine (C=N–C) groups is 1. The number of piperazine rings is 1. The molecule has 9 nitrogen and oxygen atoms in total. The maximum absolute atomic E-state index is 12.5. The number of morpholine rings is 1. The maximum Gasteiger partial charge on any atom is 0.236 e. The summed E-state index contributed by atoms with van der Waals surface area (Å²) >= 11 is 0. The van der Waals surface area contributed by atoms with Crippen molar-refractivity contribution < 1.29 is 19.4 Å². The fourth-order valence-corrected chi connectivity index (χ4v) is 3.77. The van der Waals surface area contributed by atoms with Crippen LogP contribution in [0, 0.1) is 0 Å². The molecule has 0 aliphatic carbocycles. The molecule has 1 unspecified atom stereocenters. The average Bonchev–Trinajstić information content (AvgIpc) is 2.82. The molecule has 2 aliphatic rings. The first-order chi connectivity index (χ1) is 15.1. The molecule has 1 aromatic carbocycles. The molecular weight excluding hydrogens is 525 g/mol. The number of guanidine groups is 1. The number of halogens is 1. The van der Waals surface area contributed by atoms with Crippen LogP contribution in [-0.2, 0) is 9.53 Å². The fraction of sp³-hybridized carbons (Fsp3) is 0.636. The number of amides is 1. The summed E-state index contributed by atoms with van der Waals surface area (Å²) in [4.78, 5) is 23.4. The number of nitrogens with one attached hydrogen (secondary N) is 1. The highest BCUT2D eigenvalue weighted by Crippen LogP contribution is 2.19. The van der Waals surface area contributed by atoms with Crippen molar-refractivity contribution in [3.8, 4) is 5.75 Å². The summed E-state index contributed by atoms with van der Waals surface area (Å²) < 4.78 is 10.6. The molecule has 1 atom stereocenters. The van der Waals surface area contributed by atoms with Gasteiger partial charge in [0, 0.05) is 45.8 Å². The van der Waals surface area contributed by atoms with E-state index in [9.17, 15) is 9.90 Å². The monoisotopic (exact) mass is 561 g/mol. The Morgan fingerprint density at radius 1 is 1.19 bits per heavy atom. The predicted octanol–water partition coefficient (Wildman–Crippen LogP) is 0.789. The zero-order valence-corrected chi connectivity index (χ0v) is 21.4. The summed E-state index contributed by atoms with van der Waals surface area (Å²) in [6.07, 6.45) is -0.698. The zero-order chi connectivity index (χ0) is 22.1. The van der Waals surface area contributed by atoms with E-state index in [-0.39, 0.29) is 36.4 Å². The number of aliphatic hydroxyl groups excluding tert-OH is 1. The van der Waals surface area contributed by atoms with Crippen molar-refractivity contribution in [2.24, 2.45) is 4.99 Å². The first-order valence-electron chi connectivity index (χ1n) is 11.0. The van der Waals surface area contributed by atoms with Crippen LogP contribution in [0.2, 0.25) is 0 Å². The summed E-state index contributed by atoms with van der Waals surface area (Å²) in [5.41, 5.74) is 0.783. The lowest BCUT2D eigenvalue weighted by molar-refractivity contribution is -0.136. The molecule has 180 valence electrons. The Bertz CT molecular complexity index is 737. The second-order valence-corrected chi connectivity index (χ2v) is 7.74. The minimum absolute atomic E-state index is 0. The van der Waals surface area contributed by atoms with Crippen LogP contribution in [0.4, 0.5) is 0 Å². The summed E-state index contributed by atoms with van der Waals surface area (Å²) in [5, 5.41) is 13.9. The van der Waals surface area contributed by atoms with E-state index < -0.39 is 6.10 Å². The number of rotatable bonds is 7. The first-order valence-corrected chi connectivity index (χ1v) is 11.0. The molecule has 0 bridgehead atoms. The van der Waals surface area contributed by atoms with Crippen LogP contribution in [0.3, 0.4) is 0 Å². The van der Waals surface area contributed by atoms with Crippen molar-refractivity contribution in [2.45, 2.75) is 13.0 Å². The molecule has 2 aliphatic heterocycles. The van der Waals surface area contributed by atoms with Gasteiger partial charge in [-0.1, -0.05) is 12.1 Å². The number of carbonyl (C=O) groups is 1. The van der Waals surface area contributed by atoms with E-state index in [0.717, 1.165) is 50.0 Å². The molecule has 32 heavy (non-hydrogen) atoms. The number of aliphatic hydroxyl groups is 1. The SMILES string of the molecule is CCNC(=NCC(O)c1cccc(OC)c1)N1CCN(CC(=O)N2CCOCC2)CC1.I. The van der Waals surface area contributed by atoms with Crippen LogP contribution < -0.4 is 10.1 Å². The van der Waals surface area contributed by atoms with Gasteiger partial charge in [-0.3, -0.25) is 14.7 Å². The van der Waals surface area contributed by atoms with Gasteiger partial charge in [-0.15, -0.1) is 24.0 Å². The van der Waals surface area contributed by atoms with E-state index in [1.54, 1.807) is 7.11 Å². The number of ether oxygens (including phenoxy) is 2. The van der Waals surface area contributed by atoms with E-state index in [1.807, 2.05) is 36.1 Å². The van der Waals surface area contributed by atoms with Gasteiger partial charge in [0.2, 0.25) is 5.91 Å². The van der Waals surface area contributed by atoms with Crippen molar-refractivity contribution in [2.75, 3.05) is 79.2 Å². The summed E-state index contributed by atoms with van der Waals surface area (Å²) in [6, 6.07) is 7.42. The van der Waals surface area contributed by atoms with Crippen molar-refractivity contribution in [1.82, 2.24) is 20.0 Å². The van der Waals surface area contributed by atoms with Crippen LogP contribution in [-0.4, -0.2) is 111 Å². The second-order valence-electron chi connectivity index (χ2n) is 7.74. The van der Waals surface area contributed by atoms with Gasteiger partial charge < -0.3 is 29.7 Å². The minimum Gasteiger partial charge on any atom is -0.497 e. The van der Waals surface area contributed by atoms with Crippen LogP contribution in [0.15, 0.2) is 29.3 Å². The normalized spacial score (nSPS) is 18.7. The average molecular weight is 561 g/mol. The van der Waals surface area contributed by atoms with E-state index in [0.29, 0.717) is 32.8 Å². The Balaban J connectivity index is 0.00000363. The third kappa shape index (κ3) is 7.75. The lowest BCUT2D eigenvalue weighted by atomic mass is 10.1. The smallest absolute Gasteiger partial charge is 0.236 e. The highest BCUT2D eigenvalue weighted by atomic mass is 127. The van der Waals surface area contributed by atoms with E-state index >= 15 is 0 Å². The molecule has 1 aromatic rings. The fourth-order valence-electron chi connectivity index (χ4n) is 3.77. The molecule has 0 aromatic heterocycles. The van der Waals surface area contributed by atoms with Gasteiger partial charge in [0.1, 0.15) is 5.75 Å². The van der Waals surface area contributed by atoms with Gasteiger partial charge in [-0.05, 0) is 24.6 Å². The lowest BCUT2D eigenvalue weighted by Crippen LogP contribution is -2.55. The number of carbonyl (C=O) groups excluding carboxylic acids is 1. The molecule has 10 heteroatoms. The van der Waals surface area contributed by atoms with Gasteiger partial charge in [0.05, 0.1) is 39.5 Å². The van der Waals surface area contributed by atoms with Gasteiger partial charge in [0.25, 0.3) is 0 Å². The van der Waals surface area contributed by atoms with Gasteiger partial charge >= 0.3 is 0 Å². The Hall–Kier alpha value is -1.63. The van der Waals surface area contributed by atoms with Crippen molar-refractivity contribution in [3.05, 3.63) is 29.8 Å². The highest BCUT2D eigenvalue weighted by molar-refractivity contribution is 14.0. The molecule has 0 saturated carbocycles. The number of hydrogen-bond acceptors (Lipinski definition) is 6. The summed E-state index contributed by atoms with van der Waals surface area (Å²) in [5.74, 6) is 1.69. The highest BCUT2D eigenvalue weighted by Gasteiger charge is 2.24. The lowest BCUT2D eigenvalue weighted by Gasteiger charge is -2.37. The van der Waals surface area contributed by atoms with Crippen LogP contribution >= 0.6 is 24.0 Å². The van der Waals surface area contributed by atoms with E-state index in [1.165, 1.54) is 0 Å². The molecule has 3 rings (SSSR count).